The van der Waals surface area contributed by atoms with E-state index < -0.39 is 0 Å². The molecule has 2 heterocycles. The Morgan fingerprint density at radius 3 is 2.44 bits per heavy atom. The van der Waals surface area contributed by atoms with Gasteiger partial charge in [-0.1, -0.05) is 13.3 Å². The number of amides is 2. The zero-order chi connectivity index (χ0) is 25.2. The van der Waals surface area contributed by atoms with Gasteiger partial charge in [0.2, 0.25) is 0 Å². The Morgan fingerprint density at radius 2 is 1.72 bits per heavy atom. The molecule has 8 nitrogen and oxygen atoms in total. The molecule has 194 valence electrons. The van der Waals surface area contributed by atoms with E-state index in [-0.39, 0.29) is 11.8 Å². The van der Waals surface area contributed by atoms with Gasteiger partial charge in [0.25, 0.3) is 11.8 Å². The number of hydrogen-bond donors (Lipinski definition) is 2. The molecule has 2 aromatic rings. The first-order valence-electron chi connectivity index (χ1n) is 13.2. The number of hydrogen-bond acceptors (Lipinski definition) is 6. The summed E-state index contributed by atoms with van der Waals surface area (Å²) in [4.78, 5) is 30.6. The van der Waals surface area contributed by atoms with Crippen molar-refractivity contribution in [3.05, 3.63) is 53.6 Å². The van der Waals surface area contributed by atoms with Crippen LogP contribution >= 0.6 is 0 Å². The molecule has 2 N–H and O–H groups in total. The number of nitrogens with zero attached hydrogens (tertiary/aromatic N) is 2. The maximum atomic E-state index is 13.2. The second-order valence-electron chi connectivity index (χ2n) is 9.32. The number of carbonyl (C=O) groups is 2. The molecule has 0 radical (unpaired) electrons. The molecule has 2 amide bonds. The minimum absolute atomic E-state index is 0.116. The highest BCUT2D eigenvalue weighted by Crippen LogP contribution is 2.28. The summed E-state index contributed by atoms with van der Waals surface area (Å²) in [6, 6.07) is 12.8. The van der Waals surface area contributed by atoms with Crippen LogP contribution in [0.15, 0.2) is 42.5 Å². The first-order chi connectivity index (χ1) is 17.6. The van der Waals surface area contributed by atoms with E-state index in [1.165, 1.54) is 0 Å². The fraction of sp³-hybridized carbons (Fsp3) is 0.500. The lowest BCUT2D eigenvalue weighted by Gasteiger charge is -2.26. The van der Waals surface area contributed by atoms with E-state index in [1.54, 1.807) is 18.2 Å². The lowest BCUT2D eigenvalue weighted by molar-refractivity contribution is 0.0383. The molecule has 0 unspecified atom stereocenters. The highest BCUT2D eigenvalue weighted by atomic mass is 16.5. The standard InChI is InChI=1S/C28H38N4O4/c1-2-3-18-36-24-9-6-22(7-10-24)27(33)30-23-8-11-26(32-13-4-5-14-32)25(21-23)28(34)29-12-15-31-16-19-35-20-17-31/h6-11,21H,2-5,12-20H2,1H3,(H,29,34)(H,30,33). The van der Waals surface area contributed by atoms with E-state index in [0.717, 1.165) is 83.1 Å². The van der Waals surface area contributed by atoms with Crippen molar-refractivity contribution < 1.29 is 19.1 Å². The number of unbranched alkanes of at least 4 members (excludes halogenated alkanes) is 1. The molecule has 0 bridgehead atoms. The molecule has 2 aliphatic rings. The van der Waals surface area contributed by atoms with Crippen LogP contribution in [0, 0.1) is 0 Å². The van der Waals surface area contributed by atoms with Crippen LogP contribution in [-0.4, -0.2) is 75.8 Å². The van der Waals surface area contributed by atoms with Crippen LogP contribution in [0.5, 0.6) is 5.75 Å². The molecule has 0 aromatic heterocycles. The first-order valence-corrected chi connectivity index (χ1v) is 13.2. The third-order valence-electron chi connectivity index (χ3n) is 6.65. The summed E-state index contributed by atoms with van der Waals surface area (Å²) >= 11 is 0. The van der Waals surface area contributed by atoms with Gasteiger partial charge in [0.1, 0.15) is 5.75 Å². The predicted octanol–water partition coefficient (Wildman–Crippen LogP) is 3.78. The molecule has 0 atom stereocenters. The topological polar surface area (TPSA) is 83.1 Å². The lowest BCUT2D eigenvalue weighted by atomic mass is 10.1. The highest BCUT2D eigenvalue weighted by Gasteiger charge is 2.21. The summed E-state index contributed by atoms with van der Waals surface area (Å²) in [6.07, 6.45) is 4.31. The summed E-state index contributed by atoms with van der Waals surface area (Å²) in [6.45, 7) is 9.29. The van der Waals surface area contributed by atoms with Crippen molar-refractivity contribution in [2.75, 3.05) is 69.3 Å². The fourth-order valence-electron chi connectivity index (χ4n) is 4.52. The summed E-state index contributed by atoms with van der Waals surface area (Å²) in [5, 5.41) is 6.03. The summed E-state index contributed by atoms with van der Waals surface area (Å²) < 4.78 is 11.1. The number of benzene rings is 2. The van der Waals surface area contributed by atoms with Gasteiger partial charge in [0.15, 0.2) is 0 Å². The first kappa shape index (κ1) is 26.0. The van der Waals surface area contributed by atoms with Crippen molar-refractivity contribution in [1.29, 1.82) is 0 Å². The molecule has 0 saturated carbocycles. The normalized spacial score (nSPS) is 16.1. The fourth-order valence-corrected chi connectivity index (χ4v) is 4.52. The third-order valence-corrected chi connectivity index (χ3v) is 6.65. The van der Waals surface area contributed by atoms with Crippen LogP contribution in [0.1, 0.15) is 53.3 Å². The van der Waals surface area contributed by atoms with Crippen molar-refractivity contribution in [3.63, 3.8) is 0 Å². The number of ether oxygens (including phenoxy) is 2. The Balaban J connectivity index is 1.41. The quantitative estimate of drug-likeness (QED) is 0.463. The molecule has 36 heavy (non-hydrogen) atoms. The van der Waals surface area contributed by atoms with Crippen LogP contribution in [0.3, 0.4) is 0 Å². The van der Waals surface area contributed by atoms with Crippen molar-refractivity contribution in [2.45, 2.75) is 32.6 Å². The van der Waals surface area contributed by atoms with E-state index in [0.29, 0.717) is 30.0 Å². The SMILES string of the molecule is CCCCOc1ccc(C(=O)Nc2ccc(N3CCCC3)c(C(=O)NCCN3CCOCC3)c2)cc1. The Morgan fingerprint density at radius 1 is 0.972 bits per heavy atom. The third kappa shape index (κ3) is 7.21. The molecule has 2 aromatic carbocycles. The maximum absolute atomic E-state index is 13.2. The molecular weight excluding hydrogens is 456 g/mol. The number of morpholine rings is 1. The predicted molar refractivity (Wildman–Crippen MR) is 142 cm³/mol. The molecule has 0 aliphatic carbocycles. The van der Waals surface area contributed by atoms with Gasteiger partial charge in [-0.05, 0) is 61.7 Å². The lowest BCUT2D eigenvalue weighted by Crippen LogP contribution is -2.41. The van der Waals surface area contributed by atoms with Gasteiger partial charge in [0.05, 0.1) is 25.4 Å². The van der Waals surface area contributed by atoms with Crippen LogP contribution in [0.25, 0.3) is 0 Å². The van der Waals surface area contributed by atoms with Gasteiger partial charge in [-0.3, -0.25) is 14.5 Å². The van der Waals surface area contributed by atoms with Gasteiger partial charge in [0, 0.05) is 56.2 Å². The Labute approximate surface area is 213 Å². The highest BCUT2D eigenvalue weighted by molar-refractivity contribution is 6.06. The maximum Gasteiger partial charge on any atom is 0.255 e. The summed E-state index contributed by atoms with van der Waals surface area (Å²) in [5.41, 5.74) is 2.65. The second kappa shape index (κ2) is 13.3. The number of anilines is 2. The largest absolute Gasteiger partial charge is 0.494 e. The molecule has 4 rings (SSSR count). The number of rotatable bonds is 11. The van der Waals surface area contributed by atoms with E-state index in [4.69, 9.17) is 9.47 Å². The Hall–Kier alpha value is -3.10. The van der Waals surface area contributed by atoms with Crippen LogP contribution < -0.4 is 20.3 Å². The van der Waals surface area contributed by atoms with Gasteiger partial charge >= 0.3 is 0 Å². The van der Waals surface area contributed by atoms with Crippen molar-refractivity contribution in [2.24, 2.45) is 0 Å². The summed E-state index contributed by atoms with van der Waals surface area (Å²) in [5.74, 6) is 0.420. The zero-order valence-corrected chi connectivity index (χ0v) is 21.3. The van der Waals surface area contributed by atoms with Gasteiger partial charge in [-0.25, -0.2) is 0 Å². The second-order valence-corrected chi connectivity index (χ2v) is 9.32. The molecule has 2 aliphatic heterocycles. The average Bonchev–Trinajstić information content (AvgIpc) is 3.45. The van der Waals surface area contributed by atoms with Crippen molar-refractivity contribution in [3.8, 4) is 5.75 Å². The van der Waals surface area contributed by atoms with E-state index in [2.05, 4.69) is 27.4 Å². The van der Waals surface area contributed by atoms with E-state index in [1.807, 2.05) is 24.3 Å². The Kier molecular flexibility index (Phi) is 9.58. The van der Waals surface area contributed by atoms with E-state index in [9.17, 15) is 9.59 Å². The average molecular weight is 495 g/mol. The van der Waals surface area contributed by atoms with E-state index >= 15 is 0 Å². The number of nitrogens with one attached hydrogen (secondary N) is 2. The van der Waals surface area contributed by atoms with Gasteiger partial charge in [-0.2, -0.15) is 0 Å². The van der Waals surface area contributed by atoms with Crippen LogP contribution in [0.2, 0.25) is 0 Å². The molecule has 8 heteroatoms. The molecule has 2 saturated heterocycles. The monoisotopic (exact) mass is 494 g/mol. The van der Waals surface area contributed by atoms with Crippen LogP contribution in [-0.2, 0) is 4.74 Å². The van der Waals surface area contributed by atoms with Gasteiger partial charge in [-0.15, -0.1) is 0 Å². The Bertz CT molecular complexity index is 999. The molecular formula is C28H38N4O4. The summed E-state index contributed by atoms with van der Waals surface area (Å²) in [7, 11) is 0. The molecule has 2 fully saturated rings. The zero-order valence-electron chi connectivity index (χ0n) is 21.3. The van der Waals surface area contributed by atoms with Gasteiger partial charge < -0.3 is 25.0 Å². The minimum atomic E-state index is -0.220. The smallest absolute Gasteiger partial charge is 0.255 e. The van der Waals surface area contributed by atoms with Crippen LogP contribution in [0.4, 0.5) is 11.4 Å². The minimum Gasteiger partial charge on any atom is -0.494 e. The molecule has 0 spiro atoms. The number of carbonyl (C=O) groups excluding carboxylic acids is 2. The van der Waals surface area contributed by atoms with Crippen molar-refractivity contribution >= 4 is 23.2 Å². The van der Waals surface area contributed by atoms with Crippen molar-refractivity contribution in [1.82, 2.24) is 10.2 Å².